The zero-order valence-corrected chi connectivity index (χ0v) is 10.8. The molecule has 0 atom stereocenters. The zero-order chi connectivity index (χ0) is 13.8. The number of halogens is 1. The highest BCUT2D eigenvalue weighted by Gasteiger charge is 2.20. The van der Waals surface area contributed by atoms with Crippen LogP contribution in [-0.4, -0.2) is 26.2 Å². The molecule has 0 amide bonds. The molecule has 0 N–H and O–H groups in total. The van der Waals surface area contributed by atoms with Crippen LogP contribution in [-0.2, 0) is 4.74 Å². The minimum absolute atomic E-state index is 0.0248. The SMILES string of the molecule is COC(=O)c1cc(F)c(N2CCCCC2)cc1C#N. The molecular weight excluding hydrogens is 247 g/mol. The molecule has 0 aliphatic carbocycles. The molecule has 0 saturated carbocycles. The third kappa shape index (κ3) is 2.68. The first-order valence-corrected chi connectivity index (χ1v) is 6.24. The molecule has 1 fully saturated rings. The van der Waals surface area contributed by atoms with Gasteiger partial charge < -0.3 is 9.64 Å². The van der Waals surface area contributed by atoms with E-state index in [1.165, 1.54) is 13.2 Å². The van der Waals surface area contributed by atoms with Gasteiger partial charge in [0.25, 0.3) is 0 Å². The lowest BCUT2D eigenvalue weighted by Crippen LogP contribution is -2.30. The molecule has 5 heteroatoms. The summed E-state index contributed by atoms with van der Waals surface area (Å²) in [6, 6.07) is 4.45. The Morgan fingerprint density at radius 3 is 2.63 bits per heavy atom. The molecule has 4 nitrogen and oxygen atoms in total. The van der Waals surface area contributed by atoms with Gasteiger partial charge in [-0.2, -0.15) is 5.26 Å². The van der Waals surface area contributed by atoms with E-state index < -0.39 is 11.8 Å². The Bertz CT molecular complexity index is 531. The van der Waals surface area contributed by atoms with Crippen molar-refractivity contribution in [3.8, 4) is 6.07 Å². The van der Waals surface area contributed by atoms with E-state index >= 15 is 0 Å². The predicted molar refractivity (Wildman–Crippen MR) is 68.5 cm³/mol. The van der Waals surface area contributed by atoms with Crippen molar-refractivity contribution in [2.45, 2.75) is 19.3 Å². The third-order valence-corrected chi connectivity index (χ3v) is 3.31. The Morgan fingerprint density at radius 1 is 1.37 bits per heavy atom. The van der Waals surface area contributed by atoms with E-state index in [2.05, 4.69) is 4.74 Å². The number of methoxy groups -OCH3 is 1. The fourth-order valence-corrected chi connectivity index (χ4v) is 2.31. The van der Waals surface area contributed by atoms with Gasteiger partial charge in [-0.15, -0.1) is 0 Å². The number of carbonyl (C=O) groups excluding carboxylic acids is 1. The highest BCUT2D eigenvalue weighted by atomic mass is 19.1. The number of ether oxygens (including phenoxy) is 1. The summed E-state index contributed by atoms with van der Waals surface area (Å²) in [4.78, 5) is 13.4. The molecule has 0 bridgehead atoms. The van der Waals surface area contributed by atoms with Crippen LogP contribution < -0.4 is 4.90 Å². The standard InChI is InChI=1S/C14H15FN2O2/c1-19-14(18)11-8-12(15)13(7-10(11)9-16)17-5-3-2-4-6-17/h7-8H,2-6H2,1H3. The molecule has 1 aromatic carbocycles. The van der Waals surface area contributed by atoms with Crippen molar-refractivity contribution in [3.05, 3.63) is 29.1 Å². The number of hydrogen-bond donors (Lipinski definition) is 0. The third-order valence-electron chi connectivity index (χ3n) is 3.31. The highest BCUT2D eigenvalue weighted by Crippen LogP contribution is 2.26. The molecule has 2 rings (SSSR count). The summed E-state index contributed by atoms with van der Waals surface area (Å²) in [5.41, 5.74) is 0.515. The summed E-state index contributed by atoms with van der Waals surface area (Å²) in [6.07, 6.45) is 3.17. The van der Waals surface area contributed by atoms with Gasteiger partial charge in [0, 0.05) is 13.1 Å². The first kappa shape index (κ1) is 13.3. The van der Waals surface area contributed by atoms with E-state index in [0.29, 0.717) is 5.69 Å². The van der Waals surface area contributed by atoms with Crippen LogP contribution in [0, 0.1) is 17.1 Å². The number of anilines is 1. The summed E-state index contributed by atoms with van der Waals surface area (Å²) in [5.74, 6) is -1.18. The van der Waals surface area contributed by atoms with Crippen molar-refractivity contribution in [2.75, 3.05) is 25.1 Å². The largest absolute Gasteiger partial charge is 0.465 e. The molecule has 1 saturated heterocycles. The van der Waals surface area contributed by atoms with Crippen LogP contribution in [0.4, 0.5) is 10.1 Å². The predicted octanol–water partition coefficient (Wildman–Crippen LogP) is 2.47. The summed E-state index contributed by atoms with van der Waals surface area (Å²) in [5, 5.41) is 9.08. The van der Waals surface area contributed by atoms with Gasteiger partial charge in [-0.3, -0.25) is 0 Å². The van der Waals surface area contributed by atoms with Crippen LogP contribution in [0.25, 0.3) is 0 Å². The summed E-state index contributed by atoms with van der Waals surface area (Å²) < 4.78 is 18.6. The number of nitrogens with zero attached hydrogens (tertiary/aromatic N) is 2. The average Bonchev–Trinajstić information content (AvgIpc) is 2.47. The smallest absolute Gasteiger partial charge is 0.339 e. The fraction of sp³-hybridized carbons (Fsp3) is 0.429. The van der Waals surface area contributed by atoms with Crippen LogP contribution >= 0.6 is 0 Å². The Hall–Kier alpha value is -2.09. The number of piperidine rings is 1. The summed E-state index contributed by atoms with van der Waals surface area (Å²) in [7, 11) is 1.21. The molecule has 1 aliphatic heterocycles. The lowest BCUT2D eigenvalue weighted by molar-refractivity contribution is 0.0600. The number of nitriles is 1. The van der Waals surface area contributed by atoms with Crippen LogP contribution in [0.5, 0.6) is 0 Å². The van der Waals surface area contributed by atoms with Crippen molar-refractivity contribution in [1.82, 2.24) is 0 Å². The summed E-state index contributed by atoms with van der Waals surface area (Å²) in [6.45, 7) is 1.55. The molecule has 0 radical (unpaired) electrons. The maximum absolute atomic E-state index is 14.1. The number of hydrogen-bond acceptors (Lipinski definition) is 4. The van der Waals surface area contributed by atoms with Gasteiger partial charge in [0.15, 0.2) is 0 Å². The van der Waals surface area contributed by atoms with E-state index in [1.54, 1.807) is 0 Å². The zero-order valence-electron chi connectivity index (χ0n) is 10.8. The van der Waals surface area contributed by atoms with Crippen molar-refractivity contribution in [1.29, 1.82) is 5.26 Å². The maximum Gasteiger partial charge on any atom is 0.339 e. The quantitative estimate of drug-likeness (QED) is 0.768. The average molecular weight is 262 g/mol. The van der Waals surface area contributed by atoms with Gasteiger partial charge in [0.05, 0.1) is 23.9 Å². The lowest BCUT2D eigenvalue weighted by Gasteiger charge is -2.29. The van der Waals surface area contributed by atoms with Crippen molar-refractivity contribution in [2.24, 2.45) is 0 Å². The first-order chi connectivity index (χ1) is 9.17. The fourth-order valence-electron chi connectivity index (χ4n) is 2.31. The van der Waals surface area contributed by atoms with Gasteiger partial charge in [-0.05, 0) is 31.4 Å². The number of rotatable bonds is 2. The number of esters is 1. The normalized spacial score (nSPS) is 14.9. The molecule has 100 valence electrons. The molecule has 0 aromatic heterocycles. The minimum Gasteiger partial charge on any atom is -0.465 e. The first-order valence-electron chi connectivity index (χ1n) is 6.24. The Labute approximate surface area is 111 Å². The number of benzene rings is 1. The Balaban J connectivity index is 2.41. The molecule has 19 heavy (non-hydrogen) atoms. The second-order valence-electron chi connectivity index (χ2n) is 4.50. The van der Waals surface area contributed by atoms with Crippen LogP contribution in [0.2, 0.25) is 0 Å². The number of carbonyl (C=O) groups is 1. The van der Waals surface area contributed by atoms with E-state index in [9.17, 15) is 9.18 Å². The Kier molecular flexibility index (Phi) is 4.00. The van der Waals surface area contributed by atoms with E-state index in [4.69, 9.17) is 5.26 Å². The van der Waals surface area contributed by atoms with Crippen molar-refractivity contribution in [3.63, 3.8) is 0 Å². The molecule has 0 unspecified atom stereocenters. The van der Waals surface area contributed by atoms with Gasteiger partial charge in [-0.25, -0.2) is 9.18 Å². The van der Waals surface area contributed by atoms with Crippen LogP contribution in [0.3, 0.4) is 0 Å². The van der Waals surface area contributed by atoms with E-state index in [0.717, 1.165) is 38.4 Å². The molecule has 0 spiro atoms. The maximum atomic E-state index is 14.1. The molecular formula is C14H15FN2O2. The van der Waals surface area contributed by atoms with Gasteiger partial charge in [0.1, 0.15) is 11.9 Å². The second kappa shape index (κ2) is 5.70. The van der Waals surface area contributed by atoms with E-state index in [-0.39, 0.29) is 11.1 Å². The second-order valence-corrected chi connectivity index (χ2v) is 4.50. The van der Waals surface area contributed by atoms with Gasteiger partial charge in [-0.1, -0.05) is 0 Å². The Morgan fingerprint density at radius 2 is 2.05 bits per heavy atom. The molecule has 1 heterocycles. The topological polar surface area (TPSA) is 53.3 Å². The van der Waals surface area contributed by atoms with Crippen LogP contribution in [0.15, 0.2) is 12.1 Å². The van der Waals surface area contributed by atoms with Gasteiger partial charge >= 0.3 is 5.97 Å². The van der Waals surface area contributed by atoms with Crippen LogP contribution in [0.1, 0.15) is 35.2 Å². The van der Waals surface area contributed by atoms with Crippen molar-refractivity contribution >= 4 is 11.7 Å². The molecule has 1 aliphatic rings. The lowest BCUT2D eigenvalue weighted by atomic mass is 10.0. The monoisotopic (exact) mass is 262 g/mol. The van der Waals surface area contributed by atoms with E-state index in [1.807, 2.05) is 11.0 Å². The summed E-state index contributed by atoms with van der Waals surface area (Å²) >= 11 is 0. The highest BCUT2D eigenvalue weighted by molar-refractivity contribution is 5.92. The van der Waals surface area contributed by atoms with Crippen molar-refractivity contribution < 1.29 is 13.9 Å². The molecule has 1 aromatic rings. The van der Waals surface area contributed by atoms with Gasteiger partial charge in [0.2, 0.25) is 0 Å². The minimum atomic E-state index is -0.694.